The van der Waals surface area contributed by atoms with Gasteiger partial charge in [-0.25, -0.2) is 8.78 Å². The zero-order valence-corrected chi connectivity index (χ0v) is 14.7. The van der Waals surface area contributed by atoms with E-state index in [2.05, 4.69) is 15.6 Å². The second-order valence-corrected chi connectivity index (χ2v) is 5.70. The molecular formula is C20H15F2N3O3. The third kappa shape index (κ3) is 4.47. The van der Waals surface area contributed by atoms with E-state index in [9.17, 15) is 18.4 Å². The van der Waals surface area contributed by atoms with Crippen LogP contribution in [-0.4, -0.2) is 23.9 Å². The third-order valence-electron chi connectivity index (χ3n) is 3.78. The Morgan fingerprint density at radius 1 is 0.857 bits per heavy atom. The molecule has 0 atom stereocenters. The minimum atomic E-state index is -1.08. The SMILES string of the molecule is COc1ccc(NC(=O)c2cc(C(=O)Nc3ccc(F)c(F)c3)ccn2)cc1. The number of carbonyl (C=O) groups is 2. The number of rotatable bonds is 5. The second kappa shape index (κ2) is 8.26. The van der Waals surface area contributed by atoms with Gasteiger partial charge in [0.25, 0.3) is 11.8 Å². The summed E-state index contributed by atoms with van der Waals surface area (Å²) in [5.74, 6) is -2.54. The zero-order valence-electron chi connectivity index (χ0n) is 14.7. The van der Waals surface area contributed by atoms with E-state index in [1.807, 2.05) is 0 Å². The number of benzene rings is 2. The summed E-state index contributed by atoms with van der Waals surface area (Å²) in [5, 5.41) is 5.09. The van der Waals surface area contributed by atoms with Crippen molar-refractivity contribution in [1.82, 2.24) is 4.98 Å². The van der Waals surface area contributed by atoms with Crippen molar-refractivity contribution in [2.45, 2.75) is 0 Å². The number of hydrogen-bond donors (Lipinski definition) is 2. The second-order valence-electron chi connectivity index (χ2n) is 5.70. The molecule has 142 valence electrons. The smallest absolute Gasteiger partial charge is 0.274 e. The first-order chi connectivity index (χ1) is 13.5. The molecule has 0 aliphatic heterocycles. The molecule has 8 heteroatoms. The molecule has 0 aliphatic carbocycles. The Balaban J connectivity index is 1.72. The number of aromatic nitrogens is 1. The summed E-state index contributed by atoms with van der Waals surface area (Å²) < 4.78 is 31.3. The van der Waals surface area contributed by atoms with Gasteiger partial charge in [0.1, 0.15) is 11.4 Å². The molecule has 0 unspecified atom stereocenters. The first-order valence-electron chi connectivity index (χ1n) is 8.14. The normalized spacial score (nSPS) is 10.2. The monoisotopic (exact) mass is 383 g/mol. The lowest BCUT2D eigenvalue weighted by Crippen LogP contribution is -2.17. The lowest BCUT2D eigenvalue weighted by atomic mass is 10.2. The molecule has 2 amide bonds. The van der Waals surface area contributed by atoms with Crippen molar-refractivity contribution in [2.24, 2.45) is 0 Å². The van der Waals surface area contributed by atoms with Crippen LogP contribution in [-0.2, 0) is 0 Å². The zero-order chi connectivity index (χ0) is 20.1. The van der Waals surface area contributed by atoms with Crippen molar-refractivity contribution in [2.75, 3.05) is 17.7 Å². The van der Waals surface area contributed by atoms with E-state index >= 15 is 0 Å². The van der Waals surface area contributed by atoms with Crippen LogP contribution in [0.4, 0.5) is 20.2 Å². The van der Waals surface area contributed by atoms with Crippen LogP contribution >= 0.6 is 0 Å². The number of nitrogens with zero attached hydrogens (tertiary/aromatic N) is 1. The summed E-state index contributed by atoms with van der Waals surface area (Å²) in [5.41, 5.74) is 0.780. The fourth-order valence-corrected chi connectivity index (χ4v) is 2.34. The van der Waals surface area contributed by atoms with E-state index in [-0.39, 0.29) is 16.9 Å². The van der Waals surface area contributed by atoms with Gasteiger partial charge in [0, 0.05) is 29.2 Å². The minimum absolute atomic E-state index is 0.0220. The van der Waals surface area contributed by atoms with Crippen LogP contribution in [0.3, 0.4) is 0 Å². The highest BCUT2D eigenvalue weighted by Crippen LogP contribution is 2.17. The number of carbonyl (C=O) groups excluding carboxylic acids is 2. The Hall–Kier alpha value is -3.81. The van der Waals surface area contributed by atoms with E-state index < -0.39 is 23.4 Å². The number of halogens is 2. The predicted octanol–water partition coefficient (Wildman–Crippen LogP) is 3.87. The average Bonchev–Trinajstić information content (AvgIpc) is 2.71. The number of pyridine rings is 1. The number of amides is 2. The highest BCUT2D eigenvalue weighted by molar-refractivity contribution is 6.07. The fraction of sp³-hybridized carbons (Fsp3) is 0.0500. The van der Waals surface area contributed by atoms with Gasteiger partial charge >= 0.3 is 0 Å². The molecule has 3 aromatic rings. The summed E-state index contributed by atoms with van der Waals surface area (Å²) in [4.78, 5) is 28.6. The molecule has 0 radical (unpaired) electrons. The Morgan fingerprint density at radius 2 is 1.54 bits per heavy atom. The molecule has 2 N–H and O–H groups in total. The van der Waals surface area contributed by atoms with Crippen molar-refractivity contribution in [3.63, 3.8) is 0 Å². The topological polar surface area (TPSA) is 80.3 Å². The lowest BCUT2D eigenvalue weighted by molar-refractivity contribution is 0.102. The van der Waals surface area contributed by atoms with E-state index in [1.165, 1.54) is 31.5 Å². The molecular weight excluding hydrogens is 368 g/mol. The van der Waals surface area contributed by atoms with Crippen LogP contribution in [0.1, 0.15) is 20.8 Å². The van der Waals surface area contributed by atoms with E-state index in [1.54, 1.807) is 24.3 Å². The molecule has 6 nitrogen and oxygen atoms in total. The Labute approximate surface area is 159 Å². The van der Waals surface area contributed by atoms with Crippen molar-refractivity contribution < 1.29 is 23.1 Å². The number of ether oxygens (including phenoxy) is 1. The molecule has 28 heavy (non-hydrogen) atoms. The standard InChI is InChI=1S/C20H15F2N3O3/c1-28-15-5-2-13(3-6-15)24-20(27)18-10-12(8-9-23-18)19(26)25-14-4-7-16(21)17(22)11-14/h2-11H,1H3,(H,24,27)(H,25,26). The Morgan fingerprint density at radius 3 is 2.21 bits per heavy atom. The predicted molar refractivity (Wildman–Crippen MR) is 99.5 cm³/mol. The molecule has 0 saturated carbocycles. The van der Waals surface area contributed by atoms with Gasteiger partial charge in [-0.05, 0) is 48.5 Å². The van der Waals surface area contributed by atoms with Crippen LogP contribution in [0, 0.1) is 11.6 Å². The average molecular weight is 383 g/mol. The molecule has 1 heterocycles. The van der Waals surface area contributed by atoms with E-state index in [0.717, 1.165) is 12.1 Å². The van der Waals surface area contributed by atoms with Crippen molar-refractivity contribution in [3.8, 4) is 5.75 Å². The number of anilines is 2. The maximum Gasteiger partial charge on any atom is 0.274 e. The molecule has 0 saturated heterocycles. The lowest BCUT2D eigenvalue weighted by Gasteiger charge is -2.08. The van der Waals surface area contributed by atoms with Gasteiger partial charge in [0.15, 0.2) is 11.6 Å². The molecule has 0 fully saturated rings. The van der Waals surface area contributed by atoms with Gasteiger partial charge in [-0.15, -0.1) is 0 Å². The summed E-state index contributed by atoms with van der Waals surface area (Å²) >= 11 is 0. The number of methoxy groups -OCH3 is 1. The highest BCUT2D eigenvalue weighted by Gasteiger charge is 2.13. The van der Waals surface area contributed by atoms with Crippen LogP contribution in [0.25, 0.3) is 0 Å². The Bertz CT molecular complexity index is 1020. The van der Waals surface area contributed by atoms with Crippen LogP contribution in [0.5, 0.6) is 5.75 Å². The molecule has 2 aromatic carbocycles. The minimum Gasteiger partial charge on any atom is -0.497 e. The quantitative estimate of drug-likeness (QED) is 0.701. The maximum absolute atomic E-state index is 13.3. The van der Waals surface area contributed by atoms with Crippen LogP contribution in [0.15, 0.2) is 60.8 Å². The summed E-state index contributed by atoms with van der Waals surface area (Å²) in [7, 11) is 1.54. The highest BCUT2D eigenvalue weighted by atomic mass is 19.2. The van der Waals surface area contributed by atoms with E-state index in [0.29, 0.717) is 11.4 Å². The third-order valence-corrected chi connectivity index (χ3v) is 3.78. The Kier molecular flexibility index (Phi) is 5.59. The van der Waals surface area contributed by atoms with Crippen molar-refractivity contribution in [1.29, 1.82) is 0 Å². The van der Waals surface area contributed by atoms with Gasteiger partial charge in [-0.3, -0.25) is 14.6 Å². The fourth-order valence-electron chi connectivity index (χ4n) is 2.34. The molecule has 0 aliphatic rings. The van der Waals surface area contributed by atoms with Crippen LogP contribution < -0.4 is 15.4 Å². The largest absolute Gasteiger partial charge is 0.497 e. The first kappa shape index (κ1) is 19.0. The van der Waals surface area contributed by atoms with E-state index in [4.69, 9.17) is 4.74 Å². The summed E-state index contributed by atoms with van der Waals surface area (Å²) in [6.07, 6.45) is 1.31. The number of nitrogens with one attached hydrogen (secondary N) is 2. The summed E-state index contributed by atoms with van der Waals surface area (Å²) in [6, 6.07) is 12.4. The van der Waals surface area contributed by atoms with Gasteiger partial charge in [0.05, 0.1) is 7.11 Å². The molecule has 3 rings (SSSR count). The van der Waals surface area contributed by atoms with Crippen molar-refractivity contribution >= 4 is 23.2 Å². The van der Waals surface area contributed by atoms with Crippen molar-refractivity contribution in [3.05, 3.63) is 83.7 Å². The number of hydrogen-bond acceptors (Lipinski definition) is 4. The molecule has 0 spiro atoms. The van der Waals surface area contributed by atoms with Crippen LogP contribution in [0.2, 0.25) is 0 Å². The molecule has 1 aromatic heterocycles. The maximum atomic E-state index is 13.3. The van der Waals surface area contributed by atoms with Gasteiger partial charge < -0.3 is 15.4 Å². The van der Waals surface area contributed by atoms with Gasteiger partial charge in [-0.1, -0.05) is 0 Å². The van der Waals surface area contributed by atoms with Gasteiger partial charge in [-0.2, -0.15) is 0 Å². The first-order valence-corrected chi connectivity index (χ1v) is 8.14. The van der Waals surface area contributed by atoms with Gasteiger partial charge in [0.2, 0.25) is 0 Å². The summed E-state index contributed by atoms with van der Waals surface area (Å²) in [6.45, 7) is 0. The molecule has 0 bridgehead atoms.